The molecule has 0 spiro atoms. The molecular formula is C16H7F9N2OS. The average molecular weight is 446 g/mol. The molecule has 1 aromatic carbocycles. The molecule has 2 rings (SSSR count). The van der Waals surface area contributed by atoms with Gasteiger partial charge in [-0.05, 0) is 35.9 Å². The highest BCUT2D eigenvalue weighted by atomic mass is 32.2. The molecule has 1 aromatic rings. The van der Waals surface area contributed by atoms with Crippen LogP contribution in [0, 0.1) is 11.3 Å². The molecule has 0 fully saturated rings. The fraction of sp³-hybridized carbons (Fsp3) is 0.250. The van der Waals surface area contributed by atoms with Crippen molar-refractivity contribution < 1.29 is 44.4 Å². The third-order valence-electron chi connectivity index (χ3n) is 3.27. The number of alkyl halides is 9. The van der Waals surface area contributed by atoms with Crippen LogP contribution in [-0.4, -0.2) is 11.2 Å². The lowest BCUT2D eigenvalue weighted by Gasteiger charge is -2.13. The van der Waals surface area contributed by atoms with E-state index >= 15 is 0 Å². The summed E-state index contributed by atoms with van der Waals surface area (Å²) in [6.45, 7) is -0.797. The highest BCUT2D eigenvalue weighted by Gasteiger charge is 2.38. The fourth-order valence-corrected chi connectivity index (χ4v) is 2.89. The molecule has 1 aliphatic heterocycles. The molecular weight excluding hydrogens is 439 g/mol. The number of rotatable bonds is 3. The lowest BCUT2D eigenvalue weighted by Crippen LogP contribution is -2.12. The second kappa shape index (κ2) is 8.02. The van der Waals surface area contributed by atoms with Gasteiger partial charge in [0.05, 0.1) is 11.1 Å². The van der Waals surface area contributed by atoms with Gasteiger partial charge in [0.1, 0.15) is 23.3 Å². The van der Waals surface area contributed by atoms with Crippen LogP contribution in [0.1, 0.15) is 16.7 Å². The number of halogens is 9. The Labute approximate surface area is 161 Å². The van der Waals surface area contributed by atoms with Crippen molar-refractivity contribution in [1.82, 2.24) is 0 Å². The fourth-order valence-electron chi connectivity index (χ4n) is 2.04. The molecule has 13 heteroatoms. The Bertz CT molecular complexity index is 886. The summed E-state index contributed by atoms with van der Waals surface area (Å²) < 4.78 is 115. The molecule has 156 valence electrons. The summed E-state index contributed by atoms with van der Waals surface area (Å²) in [5.41, 5.74) is -5.05. The van der Waals surface area contributed by atoms with Crippen LogP contribution in [0.4, 0.5) is 39.5 Å². The van der Waals surface area contributed by atoms with Crippen LogP contribution in [-0.2, 0) is 23.8 Å². The summed E-state index contributed by atoms with van der Waals surface area (Å²) in [5.74, 6) is 0. The number of nitrogens with zero attached hydrogens (tertiary/aromatic N) is 2. The average Bonchev–Trinajstić information content (AvgIpc) is 3.00. The van der Waals surface area contributed by atoms with Gasteiger partial charge < -0.3 is 4.84 Å². The summed E-state index contributed by atoms with van der Waals surface area (Å²) in [5, 5.41) is 11.8. The van der Waals surface area contributed by atoms with Crippen LogP contribution in [0.2, 0.25) is 0 Å². The van der Waals surface area contributed by atoms with Gasteiger partial charge in [0.15, 0.2) is 0 Å². The number of hydrogen-bond donors (Lipinski definition) is 0. The van der Waals surface area contributed by atoms with Crippen LogP contribution in [0.3, 0.4) is 0 Å². The molecule has 0 bridgehead atoms. The summed E-state index contributed by atoms with van der Waals surface area (Å²) >= 11 is 0.411. The standard InChI is InChI=1S/C16H7F9N2OS/c17-14(18,19)9-3-8(4-10(5-9)15(20,21)22)7-28-27-13-2-1-12(29-13)11(6-26)16(23,24)25/h1-5H,7H2/b12-11+,27-13+. The number of thioether (sulfide) groups is 1. The van der Waals surface area contributed by atoms with E-state index in [0.29, 0.717) is 23.9 Å². The molecule has 0 atom stereocenters. The highest BCUT2D eigenvalue weighted by molar-refractivity contribution is 8.18. The highest BCUT2D eigenvalue weighted by Crippen LogP contribution is 2.38. The molecule has 0 saturated heterocycles. The number of hydrogen-bond acceptors (Lipinski definition) is 4. The van der Waals surface area contributed by atoms with Gasteiger partial charge in [-0.15, -0.1) is 0 Å². The van der Waals surface area contributed by atoms with Crippen molar-refractivity contribution >= 4 is 16.8 Å². The van der Waals surface area contributed by atoms with E-state index < -0.39 is 52.3 Å². The SMILES string of the molecule is N#C/C(=C1C=C/C(=N\OCc2cc(C(F)(F)F)cc(C(F)(F)F)c2)S/1)C(F)(F)F. The number of benzene rings is 1. The van der Waals surface area contributed by atoms with Crippen LogP contribution in [0.15, 0.2) is 46.0 Å². The molecule has 0 aliphatic carbocycles. The zero-order valence-corrected chi connectivity index (χ0v) is 14.5. The van der Waals surface area contributed by atoms with Gasteiger partial charge in [-0.3, -0.25) is 0 Å². The first kappa shape index (κ1) is 22.7. The van der Waals surface area contributed by atoms with Gasteiger partial charge in [-0.2, -0.15) is 44.8 Å². The van der Waals surface area contributed by atoms with Crippen LogP contribution in [0.25, 0.3) is 0 Å². The molecule has 3 nitrogen and oxygen atoms in total. The maximum absolute atomic E-state index is 12.8. The van der Waals surface area contributed by atoms with Gasteiger partial charge >= 0.3 is 18.5 Å². The first-order valence-corrected chi connectivity index (χ1v) is 8.09. The zero-order valence-electron chi connectivity index (χ0n) is 13.7. The minimum Gasteiger partial charge on any atom is -0.390 e. The van der Waals surface area contributed by atoms with Gasteiger partial charge in [0, 0.05) is 4.91 Å². The van der Waals surface area contributed by atoms with Crippen molar-refractivity contribution in [3.8, 4) is 6.07 Å². The monoisotopic (exact) mass is 446 g/mol. The predicted octanol–water partition coefficient (Wildman–Crippen LogP) is 6.20. The van der Waals surface area contributed by atoms with Gasteiger partial charge in [0.2, 0.25) is 0 Å². The summed E-state index contributed by atoms with van der Waals surface area (Å²) in [7, 11) is 0. The van der Waals surface area contributed by atoms with Gasteiger partial charge in [0.25, 0.3) is 0 Å². The van der Waals surface area contributed by atoms with E-state index in [2.05, 4.69) is 9.99 Å². The minimum atomic E-state index is -5.03. The molecule has 1 aliphatic rings. The van der Waals surface area contributed by atoms with Crippen molar-refractivity contribution in [2.75, 3.05) is 0 Å². The Morgan fingerprint density at radius 3 is 1.93 bits per heavy atom. The molecule has 29 heavy (non-hydrogen) atoms. The second-order valence-corrected chi connectivity index (χ2v) is 6.46. The van der Waals surface area contributed by atoms with Gasteiger partial charge in [-0.1, -0.05) is 16.9 Å². The molecule has 0 saturated carbocycles. The van der Waals surface area contributed by atoms with Crippen molar-refractivity contribution in [2.24, 2.45) is 5.16 Å². The Hall–Kier alpha value is -2.62. The molecule has 0 N–H and O–H groups in total. The third-order valence-corrected chi connectivity index (χ3v) is 4.25. The van der Waals surface area contributed by atoms with E-state index in [4.69, 9.17) is 5.26 Å². The normalized spacial score (nSPS) is 18.1. The predicted molar refractivity (Wildman–Crippen MR) is 84.1 cm³/mol. The Balaban J connectivity index is 2.18. The molecule has 0 aromatic heterocycles. The smallest absolute Gasteiger partial charge is 0.390 e. The lowest BCUT2D eigenvalue weighted by molar-refractivity contribution is -0.143. The summed E-state index contributed by atoms with van der Waals surface area (Å²) in [6.07, 6.45) is -13.0. The summed E-state index contributed by atoms with van der Waals surface area (Å²) in [4.78, 5) is 4.21. The minimum absolute atomic E-state index is 0.0530. The number of oxime groups is 1. The van der Waals surface area contributed by atoms with E-state index in [-0.39, 0.29) is 11.1 Å². The third kappa shape index (κ3) is 5.93. The van der Waals surface area contributed by atoms with E-state index in [0.717, 1.165) is 18.2 Å². The Kier molecular flexibility index (Phi) is 6.27. The van der Waals surface area contributed by atoms with Crippen molar-refractivity contribution in [2.45, 2.75) is 25.1 Å². The van der Waals surface area contributed by atoms with Crippen molar-refractivity contribution in [1.29, 1.82) is 5.26 Å². The van der Waals surface area contributed by atoms with Crippen LogP contribution in [0.5, 0.6) is 0 Å². The Morgan fingerprint density at radius 2 is 1.48 bits per heavy atom. The van der Waals surface area contributed by atoms with E-state index in [1.165, 1.54) is 0 Å². The molecule has 0 radical (unpaired) electrons. The maximum atomic E-state index is 12.8. The van der Waals surface area contributed by atoms with Crippen molar-refractivity contribution in [3.63, 3.8) is 0 Å². The number of allylic oxidation sites excluding steroid dienone is 2. The zero-order chi connectivity index (χ0) is 22.0. The summed E-state index contributed by atoms with van der Waals surface area (Å²) in [6, 6.07) is 1.83. The van der Waals surface area contributed by atoms with E-state index in [1.54, 1.807) is 0 Å². The maximum Gasteiger partial charge on any atom is 0.427 e. The van der Waals surface area contributed by atoms with E-state index in [1.807, 2.05) is 0 Å². The second-order valence-electron chi connectivity index (χ2n) is 5.40. The number of nitriles is 1. The van der Waals surface area contributed by atoms with E-state index in [9.17, 15) is 39.5 Å². The van der Waals surface area contributed by atoms with Crippen LogP contribution >= 0.6 is 11.8 Å². The molecule has 1 heterocycles. The quantitative estimate of drug-likeness (QED) is 0.316. The lowest BCUT2D eigenvalue weighted by atomic mass is 10.1. The van der Waals surface area contributed by atoms with Crippen molar-refractivity contribution in [3.05, 3.63) is 57.5 Å². The first-order chi connectivity index (χ1) is 13.2. The molecule has 0 amide bonds. The Morgan fingerprint density at radius 1 is 0.931 bits per heavy atom. The first-order valence-electron chi connectivity index (χ1n) is 7.27. The van der Waals surface area contributed by atoms with Crippen LogP contribution < -0.4 is 0 Å². The largest absolute Gasteiger partial charge is 0.427 e. The molecule has 0 unspecified atom stereocenters. The van der Waals surface area contributed by atoms with Gasteiger partial charge in [-0.25, -0.2) is 0 Å². The topological polar surface area (TPSA) is 45.4 Å².